The van der Waals surface area contributed by atoms with E-state index in [1.54, 1.807) is 18.4 Å². The lowest BCUT2D eigenvalue weighted by Crippen LogP contribution is -2.51. The number of ether oxygens (including phenoxy) is 3. The lowest BCUT2D eigenvalue weighted by molar-refractivity contribution is -0.135. The minimum Gasteiger partial charge on any atom is -0.490 e. The Hall–Kier alpha value is -9.98. The largest absolute Gasteiger partial charge is 0.490 e. The number of benzene rings is 6. The summed E-state index contributed by atoms with van der Waals surface area (Å²) in [7, 11) is 0. The number of amides is 6. The number of rotatable bonds is 45. The number of carbonyl (C=O) groups is 9. The van der Waals surface area contributed by atoms with Crippen molar-refractivity contribution in [1.82, 2.24) is 30.7 Å². The SMILES string of the molecule is Cc1cc2c(cc1CCC(=O)[C@H](CCc1ccccc1)NC(=O)[C@@H](N)CC(=O)N(CCN)CCN)OC(C)C2.NCCN(CCN)C(=O)C[C@H](N)C(=O)N[C@@H](CCc1ccccc1)C(=O)CCc1cc(Cl)c2c(c1)OCO2.NCCN(CCN)C(=O)C[C@H](N)C(=O)N[C@@H](CCc1ccccc1)C(=O)CCc1ccc2occc2c1. The fraction of sp³-hybridized carbons (Fsp3) is 0.447. The first-order valence-corrected chi connectivity index (χ1v) is 39.6. The standard InChI is InChI=1S/C30H43N5O4.C28H37N5O4.C27H36ClN5O5/c1-20-16-24-17-21(2)39-28(24)18-23(20)9-11-27(36)26(10-8-22-6-4-3-5-7-22)34-30(38)25(33)19-29(37)35(14-12-31)15-13-32;29-13-15-33(16-14-30)27(35)19-23(31)28(36)32-24(9-6-20-4-2-1-3-5-20)25(34)10-7-21-8-11-26-22(18-21)12-17-37-26;28-20-14-19(15-24-26(20)38-17-37-24)7-9-23(34)22(8-6-18-4-2-1-3-5-18)32-27(36)21(31)16-25(35)33(12-10-29)13-11-30/h3-7,16,18,21,25-26H,8-15,17,19,31-33H2,1-2H3,(H,34,38);1-5,8,11-12,17-18,23-24H,6-7,9-10,13-16,19,29-31H2,(H,32,36);1-5,14-15,21-22H,6-13,16-17,29-31H2,(H,32,36)/t21?,25-,26-;23-,24-;21-,22-/m000/s1. The molecule has 0 spiro atoms. The predicted molar refractivity (Wildman–Crippen MR) is 441 cm³/mol. The number of carbonyl (C=O) groups excluding carboxylic acids is 9. The number of halogens is 1. The molecule has 0 saturated carbocycles. The number of aryl methyl sites for hydroxylation is 7. The Morgan fingerprint density at radius 2 is 0.860 bits per heavy atom. The van der Waals surface area contributed by atoms with Gasteiger partial charge in [-0.3, -0.25) is 43.2 Å². The van der Waals surface area contributed by atoms with Gasteiger partial charge in [-0.15, -0.1) is 0 Å². The fourth-order valence-corrected chi connectivity index (χ4v) is 13.7. The van der Waals surface area contributed by atoms with Crippen molar-refractivity contribution in [2.45, 2.75) is 159 Å². The number of nitrogens with zero attached hydrogens (tertiary/aromatic N) is 3. The van der Waals surface area contributed by atoms with Crippen LogP contribution in [-0.2, 0) is 88.1 Å². The Kier molecular flexibility index (Phi) is 38.6. The first-order chi connectivity index (χ1) is 54.9. The number of nitrogens with one attached hydrogen (secondary N) is 3. The van der Waals surface area contributed by atoms with Crippen LogP contribution in [0.4, 0.5) is 0 Å². The van der Waals surface area contributed by atoms with E-state index in [2.05, 4.69) is 22.0 Å². The van der Waals surface area contributed by atoms with Gasteiger partial charge in [-0.05, 0) is 153 Å². The molecular weight excluding hydrogens is 1470 g/mol. The molecule has 29 heteroatoms. The third-order valence-corrected chi connectivity index (χ3v) is 20.1. The molecule has 616 valence electrons. The third-order valence-electron chi connectivity index (χ3n) is 19.8. The summed E-state index contributed by atoms with van der Waals surface area (Å²) in [5.74, 6) is -0.865. The summed E-state index contributed by atoms with van der Waals surface area (Å²) in [5, 5.41) is 9.82. The summed E-state index contributed by atoms with van der Waals surface area (Å²) in [6, 6.07) is 39.2. The highest BCUT2D eigenvalue weighted by Crippen LogP contribution is 2.40. The van der Waals surface area contributed by atoms with Crippen LogP contribution in [0.2, 0.25) is 5.02 Å². The van der Waals surface area contributed by atoms with Gasteiger partial charge < -0.3 is 101 Å². The molecule has 1 aromatic heterocycles. The number of hydrogen-bond donors (Lipinski definition) is 12. The van der Waals surface area contributed by atoms with E-state index in [0.29, 0.717) is 114 Å². The van der Waals surface area contributed by atoms with Crippen LogP contribution in [0.15, 0.2) is 150 Å². The molecule has 6 aromatic carbocycles. The first-order valence-electron chi connectivity index (χ1n) is 39.2. The molecule has 21 N–H and O–H groups in total. The van der Waals surface area contributed by atoms with Crippen molar-refractivity contribution in [3.05, 3.63) is 195 Å². The Morgan fingerprint density at radius 3 is 1.27 bits per heavy atom. The fourth-order valence-electron chi connectivity index (χ4n) is 13.4. The maximum Gasteiger partial charge on any atom is 0.238 e. The summed E-state index contributed by atoms with van der Waals surface area (Å²) in [4.78, 5) is 121. The summed E-state index contributed by atoms with van der Waals surface area (Å²) in [6.45, 7) is 7.92. The lowest BCUT2D eigenvalue weighted by atomic mass is 9.94. The van der Waals surface area contributed by atoms with E-state index in [1.165, 1.54) is 20.3 Å². The molecule has 7 aromatic rings. The van der Waals surface area contributed by atoms with Crippen molar-refractivity contribution in [1.29, 1.82) is 0 Å². The molecule has 7 atom stereocenters. The second kappa shape index (κ2) is 48.3. The van der Waals surface area contributed by atoms with Crippen LogP contribution < -0.4 is 81.8 Å². The third kappa shape index (κ3) is 29.8. The van der Waals surface area contributed by atoms with E-state index in [9.17, 15) is 43.2 Å². The minimum absolute atomic E-state index is 0.0696. The molecule has 114 heavy (non-hydrogen) atoms. The maximum absolute atomic E-state index is 13.4. The van der Waals surface area contributed by atoms with Gasteiger partial charge in [0.15, 0.2) is 28.8 Å². The zero-order valence-electron chi connectivity index (χ0n) is 65.6. The van der Waals surface area contributed by atoms with Gasteiger partial charge in [0, 0.05) is 110 Å². The average Bonchev–Trinajstić information content (AvgIpc) is 1.62. The predicted octanol–water partition coefficient (Wildman–Crippen LogP) is 4.07. The summed E-state index contributed by atoms with van der Waals surface area (Å²) < 4.78 is 22.0. The van der Waals surface area contributed by atoms with E-state index in [0.717, 1.165) is 62.1 Å². The summed E-state index contributed by atoms with van der Waals surface area (Å²) in [6.07, 6.45) is 7.38. The van der Waals surface area contributed by atoms with Gasteiger partial charge in [0.25, 0.3) is 0 Å². The average molecular weight is 1590 g/mol. The van der Waals surface area contributed by atoms with Gasteiger partial charge in [0.2, 0.25) is 42.2 Å². The van der Waals surface area contributed by atoms with E-state index < -0.39 is 54.0 Å². The van der Waals surface area contributed by atoms with Gasteiger partial charge in [-0.1, -0.05) is 115 Å². The smallest absolute Gasteiger partial charge is 0.238 e. The molecule has 1 unspecified atom stereocenters. The molecule has 0 saturated heterocycles. The molecule has 0 aliphatic carbocycles. The number of Topliss-reactive ketones (excluding diaryl/α,β-unsaturated/α-hetero) is 3. The molecule has 6 amide bonds. The Bertz CT molecular complexity index is 4220. The number of ketones is 3. The van der Waals surface area contributed by atoms with Crippen molar-refractivity contribution in [2.24, 2.45) is 51.6 Å². The van der Waals surface area contributed by atoms with Gasteiger partial charge in [0.05, 0.1) is 66.8 Å². The second-order valence-corrected chi connectivity index (χ2v) is 29.0. The molecule has 9 rings (SSSR count). The van der Waals surface area contributed by atoms with Gasteiger partial charge in [-0.25, -0.2) is 0 Å². The lowest BCUT2D eigenvalue weighted by Gasteiger charge is -2.24. The van der Waals surface area contributed by atoms with E-state index >= 15 is 0 Å². The van der Waals surface area contributed by atoms with Crippen LogP contribution in [0.25, 0.3) is 11.0 Å². The van der Waals surface area contributed by atoms with E-state index in [4.69, 9.17) is 81.8 Å². The van der Waals surface area contributed by atoms with Crippen molar-refractivity contribution < 1.29 is 61.8 Å². The molecule has 2 aliphatic heterocycles. The topological polar surface area (TPSA) is 474 Å². The van der Waals surface area contributed by atoms with Gasteiger partial charge in [0.1, 0.15) is 17.4 Å². The summed E-state index contributed by atoms with van der Waals surface area (Å²) >= 11 is 6.27. The molecule has 28 nitrogen and oxygen atoms in total. The van der Waals surface area contributed by atoms with Crippen LogP contribution in [0.3, 0.4) is 0 Å². The molecular formula is C85H116ClN15O13. The second-order valence-electron chi connectivity index (χ2n) is 28.6. The number of furan rings is 1. The maximum atomic E-state index is 13.4. The minimum atomic E-state index is -1.11. The first kappa shape index (κ1) is 91.2. The van der Waals surface area contributed by atoms with Gasteiger partial charge >= 0.3 is 0 Å². The van der Waals surface area contributed by atoms with Crippen LogP contribution in [0, 0.1) is 6.92 Å². The van der Waals surface area contributed by atoms with Crippen LogP contribution in [0.5, 0.6) is 17.2 Å². The Morgan fingerprint density at radius 1 is 0.456 bits per heavy atom. The van der Waals surface area contributed by atoms with E-state index in [-0.39, 0.29) is 126 Å². The molecule has 3 heterocycles. The van der Waals surface area contributed by atoms with Crippen LogP contribution in [-0.4, -0.2) is 195 Å². The molecule has 0 radical (unpaired) electrons. The van der Waals surface area contributed by atoms with Crippen molar-refractivity contribution in [2.75, 3.05) is 85.3 Å². The Balaban J connectivity index is 0.000000237. The van der Waals surface area contributed by atoms with E-state index in [1.807, 2.05) is 135 Å². The zero-order valence-corrected chi connectivity index (χ0v) is 66.4. The molecule has 0 fully saturated rings. The van der Waals surface area contributed by atoms with Crippen molar-refractivity contribution >= 4 is 75.4 Å². The highest BCUT2D eigenvalue weighted by atomic mass is 35.5. The monoisotopic (exact) mass is 1590 g/mol. The highest BCUT2D eigenvalue weighted by molar-refractivity contribution is 6.32. The van der Waals surface area contributed by atoms with Crippen molar-refractivity contribution in [3.8, 4) is 17.2 Å². The highest BCUT2D eigenvalue weighted by Gasteiger charge is 2.31. The van der Waals surface area contributed by atoms with Crippen molar-refractivity contribution in [3.63, 3.8) is 0 Å². The zero-order chi connectivity index (χ0) is 82.5. The number of nitrogens with two attached hydrogens (primary N) is 9. The molecule has 2 aliphatic rings. The van der Waals surface area contributed by atoms with Crippen LogP contribution >= 0.6 is 11.6 Å². The van der Waals surface area contributed by atoms with Gasteiger partial charge in [-0.2, -0.15) is 0 Å². The van der Waals surface area contributed by atoms with Crippen LogP contribution in [0.1, 0.15) is 109 Å². The number of hydrogen-bond acceptors (Lipinski definition) is 22. The molecule has 0 bridgehead atoms. The Labute approximate surface area is 672 Å². The summed E-state index contributed by atoms with van der Waals surface area (Å²) in [5.41, 5.74) is 60.9. The number of fused-ring (bicyclic) bond motifs is 3. The quantitative estimate of drug-likeness (QED) is 0.0256. The normalized spacial score (nSPS) is 14.0.